The molecule has 1 aromatic rings. The fraction of sp³-hybridized carbons (Fsp3) is 0.636. The van der Waals surface area contributed by atoms with Crippen LogP contribution in [0.1, 0.15) is 19.8 Å². The summed E-state index contributed by atoms with van der Waals surface area (Å²) < 4.78 is 4.02. The van der Waals surface area contributed by atoms with Gasteiger partial charge < -0.3 is 4.90 Å². The second kappa shape index (κ2) is 4.47. The van der Waals surface area contributed by atoms with E-state index in [9.17, 15) is 4.79 Å². The molecule has 1 amide bonds. The number of amides is 1. The summed E-state index contributed by atoms with van der Waals surface area (Å²) in [5, 5.41) is 0. The van der Waals surface area contributed by atoms with Crippen LogP contribution in [0.4, 0.5) is 0 Å². The Labute approximate surface area is 90.1 Å². The Kier molecular flexibility index (Phi) is 3.04. The molecule has 0 bridgehead atoms. The van der Waals surface area contributed by atoms with Crippen molar-refractivity contribution >= 4 is 5.91 Å². The molecule has 0 radical (unpaired) electrons. The predicted molar refractivity (Wildman–Crippen MR) is 56.1 cm³/mol. The Morgan fingerprint density at radius 2 is 2.13 bits per heavy atom. The molecule has 82 valence electrons. The number of hydrogen-bond donors (Lipinski definition) is 0. The van der Waals surface area contributed by atoms with Crippen molar-refractivity contribution in [2.24, 2.45) is 0 Å². The molecule has 0 aliphatic carbocycles. The van der Waals surface area contributed by atoms with Gasteiger partial charge in [-0.25, -0.2) is 9.13 Å². The van der Waals surface area contributed by atoms with E-state index in [1.54, 1.807) is 0 Å². The molecule has 1 aliphatic rings. The summed E-state index contributed by atoms with van der Waals surface area (Å²) in [5.74, 6) is 0.242. The van der Waals surface area contributed by atoms with Crippen molar-refractivity contribution in [2.45, 2.75) is 32.9 Å². The van der Waals surface area contributed by atoms with Gasteiger partial charge in [0, 0.05) is 13.1 Å². The third kappa shape index (κ3) is 2.37. The quantitative estimate of drug-likeness (QED) is 0.662. The molecule has 0 N–H and O–H groups in total. The van der Waals surface area contributed by atoms with Crippen LogP contribution in [0.5, 0.6) is 0 Å². The fourth-order valence-corrected chi connectivity index (χ4v) is 1.94. The average molecular weight is 208 g/mol. The summed E-state index contributed by atoms with van der Waals surface area (Å²) in [4.78, 5) is 13.8. The Balaban J connectivity index is 1.92. The number of nitrogens with zero attached hydrogens (tertiary/aromatic N) is 3. The third-order valence-corrected chi connectivity index (χ3v) is 2.89. The minimum absolute atomic E-state index is 0.242. The standard InChI is InChI=1S/C11H18N3O/c1-2-12-7-8-13(10-12)9-11(15)14-5-3-4-6-14/h7-8,10H,2-6,9H2,1H3/q+1. The van der Waals surface area contributed by atoms with Gasteiger partial charge in [0.25, 0.3) is 5.91 Å². The minimum atomic E-state index is 0.242. The van der Waals surface area contributed by atoms with Crippen LogP contribution in [0.2, 0.25) is 0 Å². The molecule has 0 atom stereocenters. The number of aryl methyl sites for hydroxylation is 1. The molecule has 2 rings (SSSR count). The molecule has 0 aromatic carbocycles. The molecular formula is C11H18N3O+. The first-order chi connectivity index (χ1) is 7.29. The number of carbonyl (C=O) groups is 1. The van der Waals surface area contributed by atoms with Crippen LogP contribution < -0.4 is 4.57 Å². The summed E-state index contributed by atoms with van der Waals surface area (Å²) >= 11 is 0. The zero-order valence-corrected chi connectivity index (χ0v) is 9.22. The summed E-state index contributed by atoms with van der Waals surface area (Å²) in [6.45, 7) is 5.40. The lowest BCUT2D eigenvalue weighted by atomic mass is 10.4. The van der Waals surface area contributed by atoms with Gasteiger partial charge in [-0.05, 0) is 19.8 Å². The fourth-order valence-electron chi connectivity index (χ4n) is 1.94. The Morgan fingerprint density at radius 3 is 2.73 bits per heavy atom. The highest BCUT2D eigenvalue weighted by atomic mass is 16.2. The van der Waals surface area contributed by atoms with Crippen molar-refractivity contribution in [2.75, 3.05) is 13.1 Å². The van der Waals surface area contributed by atoms with E-state index >= 15 is 0 Å². The van der Waals surface area contributed by atoms with E-state index in [0.717, 1.165) is 32.5 Å². The topological polar surface area (TPSA) is 29.1 Å². The van der Waals surface area contributed by atoms with Crippen molar-refractivity contribution in [1.82, 2.24) is 9.47 Å². The van der Waals surface area contributed by atoms with Crippen LogP contribution in [-0.2, 0) is 17.9 Å². The highest BCUT2D eigenvalue weighted by Gasteiger charge is 2.19. The molecule has 4 heteroatoms. The van der Waals surface area contributed by atoms with Crippen molar-refractivity contribution in [1.29, 1.82) is 0 Å². The number of imidazole rings is 1. The largest absolute Gasteiger partial charge is 0.339 e. The van der Waals surface area contributed by atoms with E-state index in [-0.39, 0.29) is 5.91 Å². The zero-order valence-electron chi connectivity index (χ0n) is 9.22. The van der Waals surface area contributed by atoms with E-state index < -0.39 is 0 Å². The van der Waals surface area contributed by atoms with E-state index in [1.807, 2.05) is 28.2 Å². The summed E-state index contributed by atoms with van der Waals surface area (Å²) in [5.41, 5.74) is 0. The number of aromatic nitrogens is 2. The molecule has 1 aliphatic heterocycles. The van der Waals surface area contributed by atoms with Crippen molar-refractivity contribution < 1.29 is 9.36 Å². The highest BCUT2D eigenvalue weighted by molar-refractivity contribution is 5.74. The monoisotopic (exact) mass is 208 g/mol. The van der Waals surface area contributed by atoms with Gasteiger partial charge in [-0.2, -0.15) is 0 Å². The van der Waals surface area contributed by atoms with Crippen LogP contribution in [0.3, 0.4) is 0 Å². The van der Waals surface area contributed by atoms with Gasteiger partial charge in [-0.3, -0.25) is 4.79 Å². The van der Waals surface area contributed by atoms with Crippen molar-refractivity contribution in [3.8, 4) is 0 Å². The van der Waals surface area contributed by atoms with E-state index in [2.05, 4.69) is 11.5 Å². The van der Waals surface area contributed by atoms with Crippen molar-refractivity contribution in [3.05, 3.63) is 18.7 Å². The van der Waals surface area contributed by atoms with Gasteiger partial charge in [0.1, 0.15) is 12.4 Å². The van der Waals surface area contributed by atoms with Gasteiger partial charge in [0.2, 0.25) is 6.33 Å². The number of likely N-dealkylation sites (tertiary alicyclic amines) is 1. The van der Waals surface area contributed by atoms with Gasteiger partial charge in [0.05, 0.1) is 6.54 Å². The van der Waals surface area contributed by atoms with Crippen molar-refractivity contribution in [3.63, 3.8) is 0 Å². The average Bonchev–Trinajstić information content (AvgIpc) is 2.87. The van der Waals surface area contributed by atoms with Crippen LogP contribution >= 0.6 is 0 Å². The number of carbonyl (C=O) groups excluding carboxylic acids is 1. The summed E-state index contributed by atoms with van der Waals surface area (Å²) in [6.07, 6.45) is 8.25. The molecule has 1 aromatic heterocycles. The first-order valence-corrected chi connectivity index (χ1v) is 5.62. The normalized spacial score (nSPS) is 15.9. The van der Waals surface area contributed by atoms with E-state index in [1.165, 1.54) is 0 Å². The van der Waals surface area contributed by atoms with Gasteiger partial charge in [0.15, 0.2) is 6.54 Å². The number of rotatable bonds is 3. The molecule has 0 unspecified atom stereocenters. The molecule has 1 fully saturated rings. The lowest BCUT2D eigenvalue weighted by Crippen LogP contribution is -2.42. The molecule has 4 nitrogen and oxygen atoms in total. The van der Waals surface area contributed by atoms with Gasteiger partial charge in [-0.1, -0.05) is 0 Å². The highest BCUT2D eigenvalue weighted by Crippen LogP contribution is 2.06. The van der Waals surface area contributed by atoms with E-state index in [0.29, 0.717) is 6.54 Å². The smallest absolute Gasteiger partial charge is 0.264 e. The van der Waals surface area contributed by atoms with Crippen LogP contribution in [0, 0.1) is 0 Å². The Bertz CT molecular complexity index is 339. The van der Waals surface area contributed by atoms with Crippen LogP contribution in [-0.4, -0.2) is 28.5 Å². The lowest BCUT2D eigenvalue weighted by molar-refractivity contribution is -0.684. The SMILES string of the molecule is CCn1cc[n+](CC(=O)N2CCCC2)c1. The maximum atomic E-state index is 11.8. The van der Waals surface area contributed by atoms with E-state index in [4.69, 9.17) is 0 Å². The molecule has 15 heavy (non-hydrogen) atoms. The maximum absolute atomic E-state index is 11.8. The number of hydrogen-bond acceptors (Lipinski definition) is 1. The van der Waals surface area contributed by atoms with Gasteiger partial charge >= 0.3 is 0 Å². The molecule has 2 heterocycles. The molecule has 1 saturated heterocycles. The van der Waals surface area contributed by atoms with Gasteiger partial charge in [-0.15, -0.1) is 0 Å². The first kappa shape index (κ1) is 10.2. The molecular weight excluding hydrogens is 190 g/mol. The lowest BCUT2D eigenvalue weighted by Gasteiger charge is -2.13. The summed E-state index contributed by atoms with van der Waals surface area (Å²) in [6, 6.07) is 0. The molecule has 0 spiro atoms. The maximum Gasteiger partial charge on any atom is 0.264 e. The predicted octanol–water partition coefficient (Wildman–Crippen LogP) is 0.418. The summed E-state index contributed by atoms with van der Waals surface area (Å²) in [7, 11) is 0. The minimum Gasteiger partial charge on any atom is -0.339 e. The van der Waals surface area contributed by atoms with Crippen LogP contribution in [0.25, 0.3) is 0 Å². The zero-order chi connectivity index (χ0) is 10.7. The molecule has 0 saturated carbocycles. The Hall–Kier alpha value is -1.32. The van der Waals surface area contributed by atoms with Crippen LogP contribution in [0.15, 0.2) is 18.7 Å². The Morgan fingerprint density at radius 1 is 1.40 bits per heavy atom. The second-order valence-corrected chi connectivity index (χ2v) is 4.00. The third-order valence-electron chi connectivity index (χ3n) is 2.89. The second-order valence-electron chi connectivity index (χ2n) is 4.00. The first-order valence-electron chi connectivity index (χ1n) is 5.62.